The van der Waals surface area contributed by atoms with Crippen molar-refractivity contribution in [2.75, 3.05) is 19.7 Å². The highest BCUT2D eigenvalue weighted by molar-refractivity contribution is 6.42. The second kappa shape index (κ2) is 6.65. The van der Waals surface area contributed by atoms with Gasteiger partial charge >= 0.3 is 0 Å². The molecule has 0 spiro atoms. The van der Waals surface area contributed by atoms with Crippen LogP contribution in [-0.4, -0.2) is 25.8 Å². The van der Waals surface area contributed by atoms with Crippen molar-refractivity contribution in [3.63, 3.8) is 0 Å². The summed E-state index contributed by atoms with van der Waals surface area (Å²) in [6, 6.07) is 5.99. The lowest BCUT2D eigenvalue weighted by molar-refractivity contribution is 0.0342. The number of hydrogen-bond donors (Lipinski definition) is 1. The molecule has 110 valence electrons. The summed E-state index contributed by atoms with van der Waals surface area (Å²) >= 11 is 12.1. The summed E-state index contributed by atoms with van der Waals surface area (Å²) in [5.41, 5.74) is 1.27. The van der Waals surface area contributed by atoms with Crippen LogP contribution in [0.5, 0.6) is 0 Å². The number of ether oxygens (including phenoxy) is 1. The van der Waals surface area contributed by atoms with Gasteiger partial charge in [-0.3, -0.25) is 0 Å². The van der Waals surface area contributed by atoms with E-state index in [1.54, 1.807) is 0 Å². The van der Waals surface area contributed by atoms with Crippen molar-refractivity contribution in [1.29, 1.82) is 0 Å². The number of hydrogen-bond acceptors (Lipinski definition) is 2. The zero-order chi connectivity index (χ0) is 13.9. The number of halogens is 2. The third kappa shape index (κ3) is 3.30. The van der Waals surface area contributed by atoms with Crippen LogP contribution in [0.4, 0.5) is 0 Å². The Morgan fingerprint density at radius 3 is 2.65 bits per heavy atom. The van der Waals surface area contributed by atoms with E-state index >= 15 is 0 Å². The summed E-state index contributed by atoms with van der Waals surface area (Å²) in [5, 5.41) is 4.74. The van der Waals surface area contributed by atoms with Gasteiger partial charge in [0.2, 0.25) is 0 Å². The molecule has 2 unspecified atom stereocenters. The molecule has 1 aromatic carbocycles. The number of nitrogens with one attached hydrogen (secondary N) is 1. The molecule has 1 saturated carbocycles. The minimum atomic E-state index is 0.478. The van der Waals surface area contributed by atoms with Crippen LogP contribution >= 0.6 is 23.2 Å². The lowest BCUT2D eigenvalue weighted by Crippen LogP contribution is -2.21. The summed E-state index contributed by atoms with van der Waals surface area (Å²) in [5.74, 6) is 1.01. The van der Waals surface area contributed by atoms with Crippen molar-refractivity contribution in [1.82, 2.24) is 5.32 Å². The SMILES string of the molecule is Clc1ccc(C2CNCC2COC2CCCC2)cc1Cl. The zero-order valence-corrected chi connectivity index (χ0v) is 13.1. The van der Waals surface area contributed by atoms with Gasteiger partial charge in [-0.1, -0.05) is 42.1 Å². The third-order valence-electron chi connectivity index (χ3n) is 4.56. The van der Waals surface area contributed by atoms with E-state index in [-0.39, 0.29) is 0 Å². The zero-order valence-electron chi connectivity index (χ0n) is 11.6. The quantitative estimate of drug-likeness (QED) is 0.897. The maximum atomic E-state index is 6.14. The molecule has 1 N–H and O–H groups in total. The minimum Gasteiger partial charge on any atom is -0.378 e. The molecule has 1 aromatic rings. The molecule has 0 bridgehead atoms. The Kier molecular flexibility index (Phi) is 4.87. The maximum Gasteiger partial charge on any atom is 0.0595 e. The van der Waals surface area contributed by atoms with E-state index in [1.807, 2.05) is 12.1 Å². The predicted octanol–water partition coefficient (Wildman–Crippen LogP) is 4.26. The number of rotatable bonds is 4. The van der Waals surface area contributed by atoms with Crippen LogP contribution in [0.2, 0.25) is 10.0 Å². The Morgan fingerprint density at radius 1 is 1.10 bits per heavy atom. The molecule has 2 aliphatic rings. The summed E-state index contributed by atoms with van der Waals surface area (Å²) in [6.07, 6.45) is 5.60. The van der Waals surface area contributed by atoms with Gasteiger partial charge in [0.25, 0.3) is 0 Å². The molecule has 0 aromatic heterocycles. The summed E-state index contributed by atoms with van der Waals surface area (Å²) < 4.78 is 6.09. The van der Waals surface area contributed by atoms with Gasteiger partial charge in [-0.2, -0.15) is 0 Å². The van der Waals surface area contributed by atoms with E-state index < -0.39 is 0 Å². The highest BCUT2D eigenvalue weighted by Gasteiger charge is 2.30. The first-order chi connectivity index (χ1) is 9.74. The van der Waals surface area contributed by atoms with Crippen LogP contribution < -0.4 is 5.32 Å². The van der Waals surface area contributed by atoms with Crippen molar-refractivity contribution in [3.05, 3.63) is 33.8 Å². The van der Waals surface area contributed by atoms with Gasteiger partial charge in [0.05, 0.1) is 22.8 Å². The van der Waals surface area contributed by atoms with Gasteiger partial charge in [-0.15, -0.1) is 0 Å². The van der Waals surface area contributed by atoms with Crippen LogP contribution in [0.3, 0.4) is 0 Å². The Labute approximate surface area is 130 Å². The average Bonchev–Trinajstić information content (AvgIpc) is 3.10. The first-order valence-electron chi connectivity index (χ1n) is 7.51. The van der Waals surface area contributed by atoms with Crippen LogP contribution in [0, 0.1) is 5.92 Å². The van der Waals surface area contributed by atoms with Crippen LogP contribution in [-0.2, 0) is 4.74 Å². The van der Waals surface area contributed by atoms with Gasteiger partial charge in [0, 0.05) is 24.9 Å². The molecule has 2 atom stereocenters. The molecule has 3 rings (SSSR count). The predicted molar refractivity (Wildman–Crippen MR) is 83.8 cm³/mol. The number of benzene rings is 1. The fraction of sp³-hybridized carbons (Fsp3) is 0.625. The van der Waals surface area contributed by atoms with Crippen molar-refractivity contribution in [3.8, 4) is 0 Å². The van der Waals surface area contributed by atoms with E-state index in [9.17, 15) is 0 Å². The molecule has 0 radical (unpaired) electrons. The molecule has 2 nitrogen and oxygen atoms in total. The lowest BCUT2D eigenvalue weighted by atomic mass is 9.89. The summed E-state index contributed by atoms with van der Waals surface area (Å²) in [7, 11) is 0. The fourth-order valence-electron chi connectivity index (χ4n) is 3.36. The van der Waals surface area contributed by atoms with Gasteiger partial charge in [0.1, 0.15) is 0 Å². The van der Waals surface area contributed by atoms with Crippen LogP contribution in [0.25, 0.3) is 0 Å². The van der Waals surface area contributed by atoms with Crippen molar-refractivity contribution < 1.29 is 4.74 Å². The van der Waals surface area contributed by atoms with E-state index in [4.69, 9.17) is 27.9 Å². The first-order valence-corrected chi connectivity index (χ1v) is 8.27. The van der Waals surface area contributed by atoms with Crippen molar-refractivity contribution in [2.45, 2.75) is 37.7 Å². The Hall–Kier alpha value is -0.280. The second-order valence-electron chi connectivity index (χ2n) is 5.94. The van der Waals surface area contributed by atoms with Crippen LogP contribution in [0.1, 0.15) is 37.2 Å². The second-order valence-corrected chi connectivity index (χ2v) is 6.75. The van der Waals surface area contributed by atoms with Gasteiger partial charge in [-0.05, 0) is 30.5 Å². The smallest absolute Gasteiger partial charge is 0.0595 e. The molecular formula is C16H21Cl2NO. The van der Waals surface area contributed by atoms with E-state index in [1.165, 1.54) is 31.2 Å². The fourth-order valence-corrected chi connectivity index (χ4v) is 3.66. The molecule has 1 aliphatic heterocycles. The summed E-state index contributed by atoms with van der Waals surface area (Å²) in [6.45, 7) is 2.87. The monoisotopic (exact) mass is 313 g/mol. The molecule has 1 aliphatic carbocycles. The van der Waals surface area contributed by atoms with Gasteiger partial charge in [-0.25, -0.2) is 0 Å². The van der Waals surface area contributed by atoms with Crippen LogP contribution in [0.15, 0.2) is 18.2 Å². The van der Waals surface area contributed by atoms with Crippen molar-refractivity contribution in [2.24, 2.45) is 5.92 Å². The van der Waals surface area contributed by atoms with E-state index in [0.29, 0.717) is 28.0 Å². The normalized spacial score (nSPS) is 27.3. The highest BCUT2D eigenvalue weighted by atomic mass is 35.5. The highest BCUT2D eigenvalue weighted by Crippen LogP contribution is 2.33. The Morgan fingerprint density at radius 2 is 1.90 bits per heavy atom. The molecular weight excluding hydrogens is 293 g/mol. The Bertz CT molecular complexity index is 460. The molecule has 1 saturated heterocycles. The van der Waals surface area contributed by atoms with Gasteiger partial charge in [0.15, 0.2) is 0 Å². The first kappa shape index (κ1) is 14.6. The minimum absolute atomic E-state index is 0.478. The molecule has 20 heavy (non-hydrogen) atoms. The molecule has 0 amide bonds. The largest absolute Gasteiger partial charge is 0.378 e. The summed E-state index contributed by atoms with van der Waals surface area (Å²) in [4.78, 5) is 0. The lowest BCUT2D eigenvalue weighted by Gasteiger charge is -2.21. The van der Waals surface area contributed by atoms with E-state index in [0.717, 1.165) is 19.7 Å². The van der Waals surface area contributed by atoms with E-state index in [2.05, 4.69) is 11.4 Å². The standard InChI is InChI=1S/C16H21Cl2NO/c17-15-6-5-11(7-16(15)18)14-9-19-8-12(14)10-20-13-3-1-2-4-13/h5-7,12-14,19H,1-4,8-10H2. The molecule has 1 heterocycles. The van der Waals surface area contributed by atoms with Crippen molar-refractivity contribution >= 4 is 23.2 Å². The maximum absolute atomic E-state index is 6.14. The molecule has 2 fully saturated rings. The third-order valence-corrected chi connectivity index (χ3v) is 5.30. The Balaban J connectivity index is 1.63. The molecule has 4 heteroatoms. The van der Waals surface area contributed by atoms with Gasteiger partial charge < -0.3 is 10.1 Å². The average molecular weight is 314 g/mol. The topological polar surface area (TPSA) is 21.3 Å².